The van der Waals surface area contributed by atoms with E-state index < -0.39 is 5.60 Å². The van der Waals surface area contributed by atoms with E-state index in [0.29, 0.717) is 19.5 Å². The molecule has 0 bridgehead atoms. The summed E-state index contributed by atoms with van der Waals surface area (Å²) in [5.74, 6) is 1.76. The molecule has 1 saturated carbocycles. The van der Waals surface area contributed by atoms with Crippen LogP contribution in [0.4, 0.5) is 4.79 Å². The summed E-state index contributed by atoms with van der Waals surface area (Å²) in [5.41, 5.74) is 0.0624. The largest absolute Gasteiger partial charge is 0.444 e. The van der Waals surface area contributed by atoms with E-state index in [1.807, 2.05) is 31.4 Å². The standard InChI is InChI=1S/C21H28N4O3/c1-20(2,3)28-19(27)24-11-14-15(12-24)17(14)16(26)8-21(4,5)18-23-10-13-9-22-6-7-25(13)18/h6-7,9-10,14-15,17H,8,11-12H2,1-5H3/t14-,15+,17?. The molecule has 7 heteroatoms. The molecule has 2 aromatic heterocycles. The van der Waals surface area contributed by atoms with E-state index >= 15 is 0 Å². The van der Waals surface area contributed by atoms with Crippen LogP contribution in [0.1, 0.15) is 46.9 Å². The number of ketones is 1. The Kier molecular flexibility index (Phi) is 4.25. The van der Waals surface area contributed by atoms with Gasteiger partial charge in [0.25, 0.3) is 0 Å². The van der Waals surface area contributed by atoms with Crippen LogP contribution in [-0.4, -0.2) is 49.8 Å². The molecule has 3 atom stereocenters. The van der Waals surface area contributed by atoms with Crippen molar-refractivity contribution in [2.45, 2.75) is 52.1 Å². The van der Waals surface area contributed by atoms with Gasteiger partial charge in [0, 0.05) is 43.2 Å². The summed E-state index contributed by atoms with van der Waals surface area (Å²) in [6, 6.07) is 0. The van der Waals surface area contributed by atoms with Crippen LogP contribution in [0.2, 0.25) is 0 Å². The minimum absolute atomic E-state index is 0.0610. The van der Waals surface area contributed by atoms with Crippen molar-refractivity contribution in [3.63, 3.8) is 0 Å². The van der Waals surface area contributed by atoms with Gasteiger partial charge in [-0.25, -0.2) is 9.78 Å². The molecule has 28 heavy (non-hydrogen) atoms. The number of hydrogen-bond acceptors (Lipinski definition) is 5. The predicted molar refractivity (Wildman–Crippen MR) is 104 cm³/mol. The van der Waals surface area contributed by atoms with Gasteiger partial charge in [0.1, 0.15) is 17.2 Å². The molecule has 0 spiro atoms. The highest BCUT2D eigenvalue weighted by Crippen LogP contribution is 2.53. The van der Waals surface area contributed by atoms with E-state index in [1.54, 1.807) is 23.5 Å². The molecule has 0 N–H and O–H groups in total. The summed E-state index contributed by atoms with van der Waals surface area (Å²) in [6.45, 7) is 11.0. The number of imidazole rings is 1. The monoisotopic (exact) mass is 384 g/mol. The van der Waals surface area contributed by atoms with Crippen molar-refractivity contribution >= 4 is 17.4 Å². The van der Waals surface area contributed by atoms with E-state index in [2.05, 4.69) is 23.8 Å². The van der Waals surface area contributed by atoms with Crippen molar-refractivity contribution in [1.29, 1.82) is 0 Å². The van der Waals surface area contributed by atoms with Gasteiger partial charge in [-0.2, -0.15) is 0 Å². The van der Waals surface area contributed by atoms with Crippen LogP contribution in [-0.2, 0) is 14.9 Å². The van der Waals surface area contributed by atoms with Gasteiger partial charge < -0.3 is 14.0 Å². The molecule has 1 saturated heterocycles. The maximum Gasteiger partial charge on any atom is 0.410 e. The summed E-state index contributed by atoms with van der Waals surface area (Å²) in [4.78, 5) is 35.6. The molecule has 1 aliphatic carbocycles. The fraction of sp³-hybridized carbons (Fsp3) is 0.619. The molecular formula is C21H28N4O3. The quantitative estimate of drug-likeness (QED) is 0.810. The number of aromatic nitrogens is 3. The van der Waals surface area contributed by atoms with Crippen molar-refractivity contribution < 1.29 is 14.3 Å². The number of piperidine rings is 1. The number of hydrogen-bond donors (Lipinski definition) is 0. The highest BCUT2D eigenvalue weighted by molar-refractivity contribution is 5.86. The van der Waals surface area contributed by atoms with Gasteiger partial charge in [-0.15, -0.1) is 0 Å². The van der Waals surface area contributed by atoms with Crippen molar-refractivity contribution in [3.05, 3.63) is 30.6 Å². The number of ether oxygens (including phenoxy) is 1. The topological polar surface area (TPSA) is 76.8 Å². The predicted octanol–water partition coefficient (Wildman–Crippen LogP) is 3.08. The van der Waals surface area contributed by atoms with Gasteiger partial charge in [-0.3, -0.25) is 9.78 Å². The highest BCUT2D eigenvalue weighted by atomic mass is 16.6. The molecule has 2 aliphatic rings. The first kappa shape index (κ1) is 18.9. The lowest BCUT2D eigenvalue weighted by atomic mass is 9.84. The minimum atomic E-state index is -0.494. The van der Waals surface area contributed by atoms with Gasteiger partial charge in [-0.1, -0.05) is 13.8 Å². The van der Waals surface area contributed by atoms with Gasteiger partial charge in [0.15, 0.2) is 0 Å². The fourth-order valence-corrected chi connectivity index (χ4v) is 4.46. The van der Waals surface area contributed by atoms with Crippen molar-refractivity contribution in [2.75, 3.05) is 13.1 Å². The Balaban J connectivity index is 1.38. The number of Topliss-reactive ketones (excluding diaryl/α,β-unsaturated/α-hetero) is 1. The van der Waals surface area contributed by atoms with Crippen molar-refractivity contribution in [2.24, 2.45) is 17.8 Å². The molecule has 2 fully saturated rings. The zero-order chi connectivity index (χ0) is 20.3. The van der Waals surface area contributed by atoms with Gasteiger partial charge in [0.05, 0.1) is 17.9 Å². The molecule has 4 rings (SSSR count). The molecular weight excluding hydrogens is 356 g/mol. The Morgan fingerprint density at radius 2 is 1.82 bits per heavy atom. The SMILES string of the molecule is CC(C)(C)OC(=O)N1C[C@@H]2C(C(=O)CC(C)(C)c3ncc4cnccn34)[C@@H]2C1. The number of amides is 1. The average Bonchev–Trinajstić information content (AvgIpc) is 2.96. The lowest BCUT2D eigenvalue weighted by Crippen LogP contribution is -2.37. The molecule has 1 amide bonds. The number of rotatable bonds is 4. The van der Waals surface area contributed by atoms with Crippen LogP contribution < -0.4 is 0 Å². The molecule has 150 valence electrons. The van der Waals surface area contributed by atoms with Gasteiger partial charge in [0.2, 0.25) is 0 Å². The van der Waals surface area contributed by atoms with E-state index in [0.717, 1.165) is 11.3 Å². The summed E-state index contributed by atoms with van der Waals surface area (Å²) in [6.07, 6.45) is 7.34. The second kappa shape index (κ2) is 6.29. The smallest absolute Gasteiger partial charge is 0.410 e. The lowest BCUT2D eigenvalue weighted by Gasteiger charge is -2.26. The zero-order valence-electron chi connectivity index (χ0n) is 17.2. The molecule has 1 aliphatic heterocycles. The first-order chi connectivity index (χ1) is 13.1. The third-order valence-electron chi connectivity index (χ3n) is 5.77. The maximum atomic E-state index is 13.0. The zero-order valence-corrected chi connectivity index (χ0v) is 17.2. The molecule has 2 aromatic rings. The van der Waals surface area contributed by atoms with Crippen LogP contribution in [0.5, 0.6) is 0 Å². The second-order valence-corrected chi connectivity index (χ2v) is 9.72. The Bertz CT molecular complexity index is 915. The Morgan fingerprint density at radius 1 is 1.14 bits per heavy atom. The fourth-order valence-electron chi connectivity index (χ4n) is 4.46. The summed E-state index contributed by atoms with van der Waals surface area (Å²) < 4.78 is 7.44. The van der Waals surface area contributed by atoms with Gasteiger partial charge in [-0.05, 0) is 32.6 Å². The minimum Gasteiger partial charge on any atom is -0.444 e. The Labute approximate surface area is 165 Å². The van der Waals surface area contributed by atoms with E-state index in [4.69, 9.17) is 4.74 Å². The number of carbonyl (C=O) groups is 2. The molecule has 7 nitrogen and oxygen atoms in total. The summed E-state index contributed by atoms with van der Waals surface area (Å²) in [7, 11) is 0. The van der Waals surface area contributed by atoms with Gasteiger partial charge >= 0.3 is 6.09 Å². The van der Waals surface area contributed by atoms with Crippen molar-refractivity contribution in [1.82, 2.24) is 19.3 Å². The number of carbonyl (C=O) groups excluding carboxylic acids is 2. The molecule has 0 radical (unpaired) electrons. The maximum absolute atomic E-state index is 13.0. The third-order valence-corrected chi connectivity index (χ3v) is 5.77. The Morgan fingerprint density at radius 3 is 2.46 bits per heavy atom. The summed E-state index contributed by atoms with van der Waals surface area (Å²) >= 11 is 0. The van der Waals surface area contributed by atoms with Crippen LogP contribution in [0, 0.1) is 17.8 Å². The van der Waals surface area contributed by atoms with Crippen molar-refractivity contribution in [3.8, 4) is 0 Å². The third kappa shape index (κ3) is 3.38. The first-order valence-electron chi connectivity index (χ1n) is 9.85. The van der Waals surface area contributed by atoms with Crippen LogP contribution >= 0.6 is 0 Å². The Hall–Kier alpha value is -2.44. The second-order valence-electron chi connectivity index (χ2n) is 9.72. The first-order valence-corrected chi connectivity index (χ1v) is 9.85. The molecule has 3 heterocycles. The highest BCUT2D eigenvalue weighted by Gasteiger charge is 2.60. The lowest BCUT2D eigenvalue weighted by molar-refractivity contribution is -0.122. The van der Waals surface area contributed by atoms with Crippen LogP contribution in [0.25, 0.3) is 5.52 Å². The molecule has 0 aromatic carbocycles. The average molecular weight is 384 g/mol. The van der Waals surface area contributed by atoms with E-state index in [-0.39, 0.29) is 35.0 Å². The number of likely N-dealkylation sites (tertiary alicyclic amines) is 1. The number of fused-ring (bicyclic) bond motifs is 2. The van der Waals surface area contributed by atoms with E-state index in [1.165, 1.54) is 0 Å². The normalized spacial score (nSPS) is 24.3. The van der Waals surface area contributed by atoms with E-state index in [9.17, 15) is 9.59 Å². The number of nitrogens with zero attached hydrogens (tertiary/aromatic N) is 4. The van der Waals surface area contributed by atoms with Crippen LogP contribution in [0.15, 0.2) is 24.8 Å². The summed E-state index contributed by atoms with van der Waals surface area (Å²) in [5, 5.41) is 0. The molecule has 1 unspecified atom stereocenters. The van der Waals surface area contributed by atoms with Crippen LogP contribution in [0.3, 0.4) is 0 Å².